The molecule has 0 spiro atoms. The average molecular weight is 401 g/mol. The number of anilines is 1. The maximum absolute atomic E-state index is 11.7. The van der Waals surface area contributed by atoms with Crippen molar-refractivity contribution in [2.24, 2.45) is 11.6 Å². The van der Waals surface area contributed by atoms with Crippen LogP contribution in [0.2, 0.25) is 5.02 Å². The van der Waals surface area contributed by atoms with Gasteiger partial charge >= 0.3 is 6.03 Å². The summed E-state index contributed by atoms with van der Waals surface area (Å²) in [5, 5.41) is 0.864. The van der Waals surface area contributed by atoms with Crippen LogP contribution in [0.25, 0.3) is 0 Å². The Balaban J connectivity index is 2.45. The molecule has 2 amide bonds. The van der Waals surface area contributed by atoms with E-state index in [-0.39, 0.29) is 15.5 Å². The number of hydrogen-bond donors (Lipinski definition) is 2. The van der Waals surface area contributed by atoms with Gasteiger partial charge in [-0.3, -0.25) is 4.90 Å². The van der Waals surface area contributed by atoms with Crippen molar-refractivity contribution in [1.29, 1.82) is 0 Å². The average Bonchev–Trinajstić information content (AvgIpc) is 2.87. The van der Waals surface area contributed by atoms with Gasteiger partial charge in [0.2, 0.25) is 0 Å². The molecule has 6 heteroatoms. The smallest absolute Gasteiger partial charge is 0.312 e. The summed E-state index contributed by atoms with van der Waals surface area (Å²) in [5.74, 6) is -4.84. The molecular weight excluding hydrogens is 348 g/mol. The molecule has 1 saturated carbocycles. The van der Waals surface area contributed by atoms with Crippen LogP contribution in [-0.2, 0) is 0 Å². The van der Waals surface area contributed by atoms with Gasteiger partial charge in [0.05, 0.1) is 17.6 Å². The molecule has 3 N–H and O–H groups in total. The van der Waals surface area contributed by atoms with Crippen molar-refractivity contribution >= 4 is 23.3 Å². The van der Waals surface area contributed by atoms with Crippen LogP contribution >= 0.6 is 11.6 Å². The first kappa shape index (κ1) is 5.77. The number of piperazine rings is 1. The molecule has 26 heavy (non-hydrogen) atoms. The van der Waals surface area contributed by atoms with E-state index in [1.165, 1.54) is 24.4 Å². The van der Waals surface area contributed by atoms with Crippen molar-refractivity contribution in [2.75, 3.05) is 37.4 Å². The maximum Gasteiger partial charge on any atom is 0.312 e. The molecule has 1 aliphatic carbocycles. The second kappa shape index (κ2) is 8.96. The molecule has 1 aliphatic heterocycles. The number of nitrogens with two attached hydrogens (primary N) is 1. The molecule has 2 aliphatic rings. The fourth-order valence-corrected chi connectivity index (χ4v) is 2.12. The van der Waals surface area contributed by atoms with Crippen molar-refractivity contribution in [3.63, 3.8) is 0 Å². The van der Waals surface area contributed by atoms with E-state index in [2.05, 4.69) is 0 Å². The highest BCUT2D eigenvalue weighted by Gasteiger charge is 2.24. The highest BCUT2D eigenvalue weighted by molar-refractivity contribution is 6.34. The second-order valence-electron chi connectivity index (χ2n) is 5.00. The van der Waals surface area contributed by atoms with E-state index in [1.807, 2.05) is 0 Å². The molecule has 5 nitrogen and oxygen atoms in total. The summed E-state index contributed by atoms with van der Waals surface area (Å²) in [5.41, 5.74) is 4.49. The first-order valence-electron chi connectivity index (χ1n) is 18.3. The van der Waals surface area contributed by atoms with Gasteiger partial charge in [-0.25, -0.2) is 4.79 Å². The minimum atomic E-state index is -4.90. The largest absolute Gasteiger partial charge is 0.368 e. The zero-order chi connectivity index (χ0) is 38.3. The number of hydrogen-bond acceptors (Lipinski definition) is 3. The van der Waals surface area contributed by atoms with E-state index >= 15 is 0 Å². The molecule has 3 rings (SSSR count). The second-order valence-corrected chi connectivity index (χ2v) is 5.38. The summed E-state index contributed by atoms with van der Waals surface area (Å²) >= 11 is 6.26. The number of benzene rings is 1. The Morgan fingerprint density at radius 2 is 2.04 bits per heavy atom. The minimum Gasteiger partial charge on any atom is -0.368 e. The van der Waals surface area contributed by atoms with Gasteiger partial charge in [0, 0.05) is 55.3 Å². The number of rotatable bonds is 5. The zero-order valence-electron chi connectivity index (χ0n) is 35.5. The summed E-state index contributed by atoms with van der Waals surface area (Å²) in [6.07, 6.45) is -22.9. The molecule has 0 bridgehead atoms. The van der Waals surface area contributed by atoms with Crippen LogP contribution in [0.5, 0.6) is 0 Å². The lowest BCUT2D eigenvalue weighted by molar-refractivity contribution is 0.207. The molecule has 1 aromatic carbocycles. The van der Waals surface area contributed by atoms with Crippen LogP contribution in [0.15, 0.2) is 18.2 Å². The van der Waals surface area contributed by atoms with Gasteiger partial charge in [-0.15, -0.1) is 0 Å². The highest BCUT2D eigenvalue weighted by atomic mass is 35.5. The van der Waals surface area contributed by atoms with E-state index < -0.39 is 92.9 Å². The number of carbonyl (C=O) groups is 1. The maximum atomic E-state index is 11.7. The predicted octanol–water partition coefficient (Wildman–Crippen LogP) is 3.39. The van der Waals surface area contributed by atoms with E-state index in [0.717, 1.165) is 6.07 Å². The molecular formula is C20H31ClN4O. The Bertz CT molecular complexity index is 1440. The minimum absolute atomic E-state index is 0.0890. The van der Waals surface area contributed by atoms with Crippen LogP contribution in [0.1, 0.15) is 67.6 Å². The quantitative estimate of drug-likeness (QED) is 0.796. The number of aryl methyl sites for hydroxylation is 1. The summed E-state index contributed by atoms with van der Waals surface area (Å²) in [6, 6.07) is -2.36. The Morgan fingerprint density at radius 3 is 2.69 bits per heavy atom. The Morgan fingerprint density at radius 1 is 1.35 bits per heavy atom. The molecule has 0 unspecified atom stereocenters. The lowest BCUT2D eigenvalue weighted by Crippen LogP contribution is -2.47. The lowest BCUT2D eigenvalue weighted by atomic mass is 9.84. The predicted molar refractivity (Wildman–Crippen MR) is 108 cm³/mol. The molecule has 0 aromatic heterocycles. The van der Waals surface area contributed by atoms with Gasteiger partial charge in [0.25, 0.3) is 0 Å². The normalized spacial score (nSPS) is 59.2. The van der Waals surface area contributed by atoms with Crippen LogP contribution < -0.4 is 16.0 Å². The number of halogens is 1. The van der Waals surface area contributed by atoms with Crippen molar-refractivity contribution in [3.8, 4) is 0 Å². The summed E-state index contributed by atoms with van der Waals surface area (Å²) in [7, 11) is 0. The van der Waals surface area contributed by atoms with E-state index in [0.29, 0.717) is 0 Å². The fraction of sp³-hybridized carbons (Fsp3) is 0.650. The van der Waals surface area contributed by atoms with Gasteiger partial charge in [0.1, 0.15) is 0 Å². The topological polar surface area (TPSA) is 61.6 Å². The van der Waals surface area contributed by atoms with Gasteiger partial charge in [0.15, 0.2) is 0 Å². The summed E-state index contributed by atoms with van der Waals surface area (Å²) in [6.45, 7) is -19.8. The monoisotopic (exact) mass is 400 g/mol. The molecule has 1 heterocycles. The van der Waals surface area contributed by atoms with Gasteiger partial charge in [-0.1, -0.05) is 23.7 Å². The van der Waals surface area contributed by atoms with E-state index in [9.17, 15) is 4.79 Å². The van der Waals surface area contributed by atoms with E-state index in [4.69, 9.17) is 47.5 Å². The molecule has 0 atom stereocenters. The van der Waals surface area contributed by atoms with E-state index in [1.54, 1.807) is 0 Å². The summed E-state index contributed by atoms with van der Waals surface area (Å²) < 4.78 is 189. The number of nitrogens with zero attached hydrogens (tertiary/aromatic N) is 2. The summed E-state index contributed by atoms with van der Waals surface area (Å²) in [4.78, 5) is 10.6. The van der Waals surface area contributed by atoms with Crippen molar-refractivity contribution < 1.29 is 35.0 Å². The number of carbonyl (C=O) groups excluding carboxylic acids is 1. The van der Waals surface area contributed by atoms with Gasteiger partial charge in [-0.05, 0) is 62.8 Å². The fourth-order valence-electron chi connectivity index (χ4n) is 1.91. The van der Waals surface area contributed by atoms with Gasteiger partial charge < -0.3 is 16.0 Å². The first-order chi connectivity index (χ1) is 20.8. The van der Waals surface area contributed by atoms with Crippen LogP contribution in [0.4, 0.5) is 10.5 Å². The standard InChI is InChI=1S/C20H31ClN4O/c1-15-3-2-4-18(19(15)21)25-13-11-24(12-14-25)10-9-16-5-7-17(8-6-16)23-20(22)26/h2-4,16-17H,5-14H2,1H3,(H3,22,23,26)/t16-,17-/i5D2,6D2,7D2,8D2,9D2,10D2,11D2,12D2,13D2,14D2,16D,17D. The first-order valence-corrected chi connectivity index (χ1v) is 7.65. The molecule has 144 valence electrons. The number of nitrogens with one attached hydrogen (secondary N) is 1. The van der Waals surface area contributed by atoms with Crippen LogP contribution in [0.3, 0.4) is 0 Å². The Labute approximate surface area is 192 Å². The number of urea groups is 1. The van der Waals surface area contributed by atoms with Crippen molar-refractivity contribution in [1.82, 2.24) is 10.2 Å². The zero-order valence-corrected chi connectivity index (χ0v) is 14.2. The van der Waals surface area contributed by atoms with Crippen LogP contribution in [-0.4, -0.2) is 49.4 Å². The van der Waals surface area contributed by atoms with Crippen LogP contribution in [0, 0.1) is 12.8 Å². The van der Waals surface area contributed by atoms with Crippen molar-refractivity contribution in [3.05, 3.63) is 28.8 Å². The van der Waals surface area contributed by atoms with Crippen molar-refractivity contribution in [2.45, 2.75) is 44.8 Å². The Hall–Kier alpha value is -1.46. The SMILES string of the molecule is [2H]C1([2H])N(c2cccc(C)c2Cl)C([2H])([2H])C([2H])([2H])N(C([2H])([2H])C([2H])([2H])[C@]2([2H])C([2H])([2H])C([2H])([2H])[C@@]([2H])(NC(N)=O)C([2H])([2H])C2([2H])[2H])C1([2H])[2H]. The van der Waals surface area contributed by atoms with Gasteiger partial charge in [-0.2, -0.15) is 0 Å². The molecule has 2 fully saturated rings. The third-order valence-corrected chi connectivity index (χ3v) is 3.62. The molecule has 1 saturated heterocycles. The number of primary amides is 1. The molecule has 1 aromatic rings. The highest BCUT2D eigenvalue weighted by Crippen LogP contribution is 2.30. The third kappa shape index (κ3) is 5.04. The molecule has 0 radical (unpaired) electrons. The lowest BCUT2D eigenvalue weighted by Gasteiger charge is -2.37. The Kier molecular flexibility index (Phi) is 1.99. The number of amides is 2. The third-order valence-electron chi connectivity index (χ3n) is 3.13.